The first-order valence-electron chi connectivity index (χ1n) is 7.07. The van der Waals surface area contributed by atoms with Crippen molar-refractivity contribution in [3.8, 4) is 0 Å². The maximum atomic E-state index is 12.5. The van der Waals surface area contributed by atoms with Gasteiger partial charge in [0, 0.05) is 11.6 Å². The van der Waals surface area contributed by atoms with Crippen LogP contribution in [0.15, 0.2) is 29.2 Å². The molecule has 5 heteroatoms. The highest BCUT2D eigenvalue weighted by atomic mass is 32.2. The summed E-state index contributed by atoms with van der Waals surface area (Å²) >= 11 is 0. The minimum Gasteiger partial charge on any atom is -0.313 e. The zero-order valence-electron chi connectivity index (χ0n) is 12.6. The minimum absolute atomic E-state index is 0.126. The van der Waals surface area contributed by atoms with Crippen LogP contribution in [-0.2, 0) is 10.0 Å². The lowest BCUT2D eigenvalue weighted by Crippen LogP contribution is -2.45. The second-order valence-electron chi connectivity index (χ2n) is 6.18. The van der Waals surface area contributed by atoms with E-state index in [1.165, 1.54) is 0 Å². The molecule has 0 amide bonds. The Hall–Kier alpha value is -0.910. The standard InChI is InChI=1S/C15H24N2O2S/c1-11(16-4)12-6-5-7-14(10-12)20(18,19)17-15(2,3)13-8-9-13/h5-7,10-11,13,16-17H,8-9H2,1-4H3. The van der Waals surface area contributed by atoms with E-state index in [1.54, 1.807) is 18.2 Å². The molecule has 2 N–H and O–H groups in total. The zero-order valence-corrected chi connectivity index (χ0v) is 13.4. The third-order valence-corrected chi connectivity index (χ3v) is 5.77. The van der Waals surface area contributed by atoms with Crippen molar-refractivity contribution in [1.82, 2.24) is 10.0 Å². The first-order chi connectivity index (χ1) is 9.26. The molecule has 1 saturated carbocycles. The molecule has 20 heavy (non-hydrogen) atoms. The monoisotopic (exact) mass is 296 g/mol. The van der Waals surface area contributed by atoms with Gasteiger partial charge in [-0.3, -0.25) is 0 Å². The first kappa shape index (κ1) is 15.5. The van der Waals surface area contributed by atoms with Crippen LogP contribution in [-0.4, -0.2) is 21.0 Å². The van der Waals surface area contributed by atoms with Gasteiger partial charge in [-0.15, -0.1) is 0 Å². The molecule has 1 aromatic carbocycles. The molecular formula is C15H24N2O2S. The Kier molecular flexibility index (Phi) is 4.23. The number of benzene rings is 1. The molecule has 1 fully saturated rings. The van der Waals surface area contributed by atoms with Crippen LogP contribution in [0.25, 0.3) is 0 Å². The van der Waals surface area contributed by atoms with Gasteiger partial charge in [-0.25, -0.2) is 13.1 Å². The van der Waals surface area contributed by atoms with Crippen LogP contribution in [0.5, 0.6) is 0 Å². The Morgan fingerprint density at radius 3 is 2.50 bits per heavy atom. The van der Waals surface area contributed by atoms with Crippen molar-refractivity contribution < 1.29 is 8.42 Å². The molecule has 0 bridgehead atoms. The number of nitrogens with one attached hydrogen (secondary N) is 2. The van der Waals surface area contributed by atoms with E-state index in [9.17, 15) is 8.42 Å². The molecule has 1 aliphatic rings. The highest BCUT2D eigenvalue weighted by Gasteiger charge is 2.40. The molecule has 0 aliphatic heterocycles. The van der Waals surface area contributed by atoms with Crippen LogP contribution in [0, 0.1) is 5.92 Å². The van der Waals surface area contributed by atoms with Crippen LogP contribution in [0.3, 0.4) is 0 Å². The molecule has 0 saturated heterocycles. The van der Waals surface area contributed by atoms with Gasteiger partial charge < -0.3 is 5.32 Å². The Labute approximate surface area is 122 Å². The number of sulfonamides is 1. The quantitative estimate of drug-likeness (QED) is 0.847. The SMILES string of the molecule is CNC(C)c1cccc(S(=O)(=O)NC(C)(C)C2CC2)c1. The second-order valence-corrected chi connectivity index (χ2v) is 7.87. The molecule has 0 radical (unpaired) electrons. The van der Waals surface area contributed by atoms with Gasteiger partial charge in [0.05, 0.1) is 4.90 Å². The lowest BCUT2D eigenvalue weighted by Gasteiger charge is -2.26. The number of rotatable bonds is 6. The van der Waals surface area contributed by atoms with Gasteiger partial charge in [-0.1, -0.05) is 12.1 Å². The largest absolute Gasteiger partial charge is 0.313 e. The molecule has 2 rings (SSSR count). The van der Waals surface area contributed by atoms with Crippen LogP contribution in [0.2, 0.25) is 0 Å². The van der Waals surface area contributed by atoms with Crippen LogP contribution in [0.1, 0.15) is 45.2 Å². The Bertz CT molecular complexity index is 577. The van der Waals surface area contributed by atoms with E-state index in [4.69, 9.17) is 0 Å². The normalized spacial score (nSPS) is 18.0. The molecule has 0 spiro atoms. The van der Waals surface area contributed by atoms with Crippen molar-refractivity contribution in [3.63, 3.8) is 0 Å². The molecular weight excluding hydrogens is 272 g/mol. The Morgan fingerprint density at radius 2 is 1.95 bits per heavy atom. The van der Waals surface area contributed by atoms with Crippen LogP contribution in [0.4, 0.5) is 0 Å². The molecule has 1 atom stereocenters. The van der Waals surface area contributed by atoms with Crippen LogP contribution >= 0.6 is 0 Å². The van der Waals surface area contributed by atoms with E-state index in [2.05, 4.69) is 10.0 Å². The number of hydrogen-bond donors (Lipinski definition) is 2. The summed E-state index contributed by atoms with van der Waals surface area (Å²) in [6, 6.07) is 7.25. The summed E-state index contributed by atoms with van der Waals surface area (Å²) in [6.07, 6.45) is 2.21. The van der Waals surface area contributed by atoms with E-state index in [0.717, 1.165) is 18.4 Å². The molecule has 112 valence electrons. The molecule has 1 aliphatic carbocycles. The van der Waals surface area contributed by atoms with E-state index in [0.29, 0.717) is 10.8 Å². The minimum atomic E-state index is -3.47. The Morgan fingerprint density at radius 1 is 1.30 bits per heavy atom. The average Bonchev–Trinajstić information content (AvgIpc) is 3.21. The van der Waals surface area contributed by atoms with Crippen molar-refractivity contribution in [2.75, 3.05) is 7.05 Å². The summed E-state index contributed by atoms with van der Waals surface area (Å²) in [5, 5.41) is 3.12. The van der Waals surface area contributed by atoms with Crippen molar-refractivity contribution in [2.24, 2.45) is 5.92 Å². The molecule has 1 unspecified atom stereocenters. The fourth-order valence-electron chi connectivity index (χ4n) is 2.41. The van der Waals surface area contributed by atoms with E-state index in [1.807, 2.05) is 33.9 Å². The Balaban J connectivity index is 2.25. The predicted molar refractivity (Wildman–Crippen MR) is 81.0 cm³/mol. The molecule has 4 nitrogen and oxygen atoms in total. The third kappa shape index (κ3) is 3.40. The summed E-state index contributed by atoms with van der Waals surface area (Å²) in [5.74, 6) is 0.455. The van der Waals surface area contributed by atoms with Gasteiger partial charge >= 0.3 is 0 Å². The van der Waals surface area contributed by atoms with Gasteiger partial charge in [0.25, 0.3) is 0 Å². The first-order valence-corrected chi connectivity index (χ1v) is 8.56. The lowest BCUT2D eigenvalue weighted by molar-refractivity contribution is 0.400. The highest BCUT2D eigenvalue weighted by molar-refractivity contribution is 7.89. The maximum absolute atomic E-state index is 12.5. The summed E-state index contributed by atoms with van der Waals surface area (Å²) in [4.78, 5) is 0.339. The van der Waals surface area contributed by atoms with Crippen molar-refractivity contribution in [3.05, 3.63) is 29.8 Å². The lowest BCUT2D eigenvalue weighted by atomic mass is 10.0. The summed E-state index contributed by atoms with van der Waals surface area (Å²) in [7, 11) is -1.60. The van der Waals surface area contributed by atoms with Crippen LogP contribution < -0.4 is 10.0 Å². The van der Waals surface area contributed by atoms with Gasteiger partial charge in [0.15, 0.2) is 0 Å². The predicted octanol–water partition coefficient (Wildman–Crippen LogP) is 2.43. The maximum Gasteiger partial charge on any atom is 0.241 e. The van der Waals surface area contributed by atoms with Gasteiger partial charge in [-0.05, 0) is 64.3 Å². The van der Waals surface area contributed by atoms with Crippen molar-refractivity contribution in [2.45, 2.75) is 50.1 Å². The van der Waals surface area contributed by atoms with Gasteiger partial charge in [0.2, 0.25) is 10.0 Å². The van der Waals surface area contributed by atoms with E-state index < -0.39 is 10.0 Å². The molecule has 1 aromatic rings. The fourth-order valence-corrected chi connectivity index (χ4v) is 3.94. The summed E-state index contributed by atoms with van der Waals surface area (Å²) in [6.45, 7) is 5.93. The number of hydrogen-bond acceptors (Lipinski definition) is 3. The molecule has 0 aromatic heterocycles. The highest BCUT2D eigenvalue weighted by Crippen LogP contribution is 2.40. The van der Waals surface area contributed by atoms with Gasteiger partial charge in [-0.2, -0.15) is 0 Å². The van der Waals surface area contributed by atoms with Crippen molar-refractivity contribution >= 4 is 10.0 Å². The van der Waals surface area contributed by atoms with Gasteiger partial charge in [0.1, 0.15) is 0 Å². The topological polar surface area (TPSA) is 58.2 Å². The summed E-state index contributed by atoms with van der Waals surface area (Å²) < 4.78 is 27.9. The second kappa shape index (κ2) is 5.47. The third-order valence-electron chi connectivity index (χ3n) is 4.10. The molecule has 0 heterocycles. The average molecular weight is 296 g/mol. The zero-order chi connectivity index (χ0) is 15.0. The van der Waals surface area contributed by atoms with Crippen molar-refractivity contribution in [1.29, 1.82) is 0 Å². The fraction of sp³-hybridized carbons (Fsp3) is 0.600. The van der Waals surface area contributed by atoms with E-state index in [-0.39, 0.29) is 11.6 Å². The van der Waals surface area contributed by atoms with E-state index >= 15 is 0 Å². The summed E-state index contributed by atoms with van der Waals surface area (Å²) in [5.41, 5.74) is 0.600. The smallest absolute Gasteiger partial charge is 0.241 e.